The normalized spacial score (nSPS) is 10.9. The quantitative estimate of drug-likeness (QED) is 0.285. The molecule has 0 bridgehead atoms. The summed E-state index contributed by atoms with van der Waals surface area (Å²) >= 11 is 15.6. The maximum atomic E-state index is 12.6. The topological polar surface area (TPSA) is 69.3 Å². The van der Waals surface area contributed by atoms with Crippen LogP contribution in [0.2, 0.25) is 10.0 Å². The molecule has 9 heteroatoms. The van der Waals surface area contributed by atoms with Gasteiger partial charge in [-0.25, -0.2) is 0 Å². The Morgan fingerprint density at radius 3 is 2.78 bits per heavy atom. The van der Waals surface area contributed by atoms with Crippen LogP contribution in [0, 0.1) is 6.92 Å². The van der Waals surface area contributed by atoms with E-state index in [2.05, 4.69) is 26.3 Å². The summed E-state index contributed by atoms with van der Waals surface area (Å²) in [6.07, 6.45) is 1.75. The molecular formula is C23H18BrCl2N3O3. The van der Waals surface area contributed by atoms with Crippen LogP contribution in [-0.4, -0.2) is 15.7 Å². The van der Waals surface area contributed by atoms with Gasteiger partial charge in [0.1, 0.15) is 18.1 Å². The van der Waals surface area contributed by atoms with Crippen molar-refractivity contribution in [2.24, 2.45) is 0 Å². The number of aromatic nitrogens is 2. The third-order valence-corrected chi connectivity index (χ3v) is 5.81. The van der Waals surface area contributed by atoms with E-state index >= 15 is 0 Å². The largest absolute Gasteiger partial charge is 0.485 e. The monoisotopic (exact) mass is 533 g/mol. The van der Waals surface area contributed by atoms with E-state index in [4.69, 9.17) is 32.4 Å². The summed E-state index contributed by atoms with van der Waals surface area (Å²) in [6, 6.07) is 16.3. The lowest BCUT2D eigenvalue weighted by Crippen LogP contribution is -2.12. The number of nitrogens with one attached hydrogen (secondary N) is 1. The molecule has 0 unspecified atom stereocenters. The molecule has 0 atom stereocenters. The molecule has 164 valence electrons. The number of carbonyl (C=O) groups excluding carboxylic acids is 1. The number of aryl methyl sites for hydroxylation is 1. The van der Waals surface area contributed by atoms with Crippen LogP contribution in [0.3, 0.4) is 0 Å². The summed E-state index contributed by atoms with van der Waals surface area (Å²) in [5.74, 6) is 1.43. The van der Waals surface area contributed by atoms with Gasteiger partial charge in [-0.3, -0.25) is 9.48 Å². The predicted molar refractivity (Wildman–Crippen MR) is 128 cm³/mol. The minimum atomic E-state index is -0.414. The number of carbonyl (C=O) groups is 1. The fourth-order valence-electron chi connectivity index (χ4n) is 3.00. The molecule has 0 spiro atoms. The molecule has 2 aromatic heterocycles. The smallest absolute Gasteiger partial charge is 0.292 e. The highest BCUT2D eigenvalue weighted by atomic mass is 79.9. The number of anilines is 1. The molecule has 0 aliphatic rings. The summed E-state index contributed by atoms with van der Waals surface area (Å²) in [4.78, 5) is 12.6. The van der Waals surface area contributed by atoms with Gasteiger partial charge >= 0.3 is 0 Å². The standard InChI is InChI=1S/C23H18BrCl2N3O3/c1-14-4-2-3-5-20(14)31-13-17-8-9-21(32-17)23(30)27-22-18(24)12-29(28-22)11-15-6-7-16(25)10-19(15)26/h2-10,12H,11,13H2,1H3,(H,27,28,30). The van der Waals surface area contributed by atoms with E-state index in [1.165, 1.54) is 0 Å². The number of hydrogen-bond acceptors (Lipinski definition) is 4. The van der Waals surface area contributed by atoms with Crippen LogP contribution < -0.4 is 10.1 Å². The van der Waals surface area contributed by atoms with Gasteiger partial charge in [0, 0.05) is 16.2 Å². The zero-order valence-corrected chi connectivity index (χ0v) is 20.0. The van der Waals surface area contributed by atoms with Crippen LogP contribution in [0.4, 0.5) is 5.82 Å². The van der Waals surface area contributed by atoms with Gasteiger partial charge in [0.05, 0.1) is 11.0 Å². The second kappa shape index (κ2) is 9.81. The van der Waals surface area contributed by atoms with Crippen molar-refractivity contribution < 1.29 is 13.9 Å². The van der Waals surface area contributed by atoms with Crippen molar-refractivity contribution in [3.8, 4) is 5.75 Å². The Hall–Kier alpha value is -2.74. The minimum Gasteiger partial charge on any atom is -0.485 e. The first kappa shape index (κ1) is 22.5. The number of nitrogens with zero attached hydrogens (tertiary/aromatic N) is 2. The van der Waals surface area contributed by atoms with E-state index in [0.717, 1.165) is 16.9 Å². The number of halogens is 3. The molecule has 4 rings (SSSR count). The number of hydrogen-bond donors (Lipinski definition) is 1. The molecule has 1 N–H and O–H groups in total. The van der Waals surface area contributed by atoms with Gasteiger partial charge in [0.15, 0.2) is 11.6 Å². The van der Waals surface area contributed by atoms with Gasteiger partial charge in [-0.1, -0.05) is 47.5 Å². The summed E-state index contributed by atoms with van der Waals surface area (Å²) in [5.41, 5.74) is 1.88. The number of ether oxygens (including phenoxy) is 1. The molecule has 0 radical (unpaired) electrons. The van der Waals surface area contributed by atoms with Crippen molar-refractivity contribution in [2.45, 2.75) is 20.1 Å². The molecule has 1 amide bonds. The third-order valence-electron chi connectivity index (χ3n) is 4.65. The van der Waals surface area contributed by atoms with E-state index in [1.54, 1.807) is 35.1 Å². The van der Waals surface area contributed by atoms with Gasteiger partial charge in [0.25, 0.3) is 5.91 Å². The van der Waals surface area contributed by atoms with Gasteiger partial charge in [-0.05, 0) is 64.3 Å². The predicted octanol–water partition coefficient (Wildman–Crippen LogP) is 6.73. The Kier molecular flexibility index (Phi) is 6.89. The first-order valence-electron chi connectivity index (χ1n) is 9.64. The zero-order valence-electron chi connectivity index (χ0n) is 16.9. The number of para-hydroxylation sites is 1. The van der Waals surface area contributed by atoms with Crippen LogP contribution in [-0.2, 0) is 13.2 Å². The summed E-state index contributed by atoms with van der Waals surface area (Å²) < 4.78 is 13.7. The van der Waals surface area contributed by atoms with E-state index in [9.17, 15) is 4.79 Å². The van der Waals surface area contributed by atoms with Crippen molar-refractivity contribution in [2.75, 3.05) is 5.32 Å². The molecule has 4 aromatic rings. The van der Waals surface area contributed by atoms with Crippen LogP contribution in [0.25, 0.3) is 0 Å². The summed E-state index contributed by atoms with van der Waals surface area (Å²) in [5, 5.41) is 8.26. The lowest BCUT2D eigenvalue weighted by Gasteiger charge is -2.06. The maximum Gasteiger partial charge on any atom is 0.292 e. The van der Waals surface area contributed by atoms with Gasteiger partial charge < -0.3 is 14.5 Å². The van der Waals surface area contributed by atoms with E-state index < -0.39 is 5.91 Å². The lowest BCUT2D eigenvalue weighted by molar-refractivity contribution is 0.0992. The SMILES string of the molecule is Cc1ccccc1OCc1ccc(C(=O)Nc2nn(Cc3ccc(Cl)cc3Cl)cc2Br)o1. The van der Waals surface area contributed by atoms with Crippen molar-refractivity contribution in [3.63, 3.8) is 0 Å². The molecule has 0 aliphatic heterocycles. The molecule has 0 saturated heterocycles. The molecule has 0 saturated carbocycles. The first-order valence-corrected chi connectivity index (χ1v) is 11.2. The fraction of sp³-hybridized carbons (Fsp3) is 0.130. The van der Waals surface area contributed by atoms with E-state index in [-0.39, 0.29) is 12.4 Å². The van der Waals surface area contributed by atoms with E-state index in [1.807, 2.05) is 37.3 Å². The highest BCUT2D eigenvalue weighted by molar-refractivity contribution is 9.10. The highest BCUT2D eigenvalue weighted by Gasteiger charge is 2.16. The van der Waals surface area contributed by atoms with Crippen molar-refractivity contribution in [3.05, 3.63) is 98.0 Å². The van der Waals surface area contributed by atoms with Gasteiger partial charge in [-0.15, -0.1) is 0 Å². The second-order valence-electron chi connectivity index (χ2n) is 7.03. The molecule has 6 nitrogen and oxygen atoms in total. The number of rotatable bonds is 7. The molecule has 2 heterocycles. The maximum absolute atomic E-state index is 12.6. The third kappa shape index (κ3) is 5.35. The minimum absolute atomic E-state index is 0.163. The van der Waals surface area contributed by atoms with Crippen LogP contribution in [0.1, 0.15) is 27.4 Å². The van der Waals surface area contributed by atoms with Gasteiger partial charge in [-0.2, -0.15) is 5.10 Å². The molecule has 0 aliphatic carbocycles. The first-order chi connectivity index (χ1) is 15.4. The average Bonchev–Trinajstić information content (AvgIpc) is 3.36. The fourth-order valence-corrected chi connectivity index (χ4v) is 3.88. The number of benzene rings is 2. The van der Waals surface area contributed by atoms with Crippen LogP contribution >= 0.6 is 39.1 Å². The lowest BCUT2D eigenvalue weighted by atomic mass is 10.2. The Labute approximate surface area is 203 Å². The Morgan fingerprint density at radius 2 is 2.00 bits per heavy atom. The van der Waals surface area contributed by atoms with Gasteiger partial charge in [0.2, 0.25) is 0 Å². The highest BCUT2D eigenvalue weighted by Crippen LogP contribution is 2.25. The Balaban J connectivity index is 1.39. The molecule has 2 aromatic carbocycles. The molecule has 32 heavy (non-hydrogen) atoms. The van der Waals surface area contributed by atoms with Crippen LogP contribution in [0.5, 0.6) is 5.75 Å². The Morgan fingerprint density at radius 1 is 1.19 bits per heavy atom. The molecule has 0 fully saturated rings. The van der Waals surface area contributed by atoms with Crippen molar-refractivity contribution in [1.82, 2.24) is 9.78 Å². The number of furan rings is 1. The molecular weight excluding hydrogens is 517 g/mol. The second-order valence-corrected chi connectivity index (χ2v) is 8.73. The van der Waals surface area contributed by atoms with Crippen molar-refractivity contribution in [1.29, 1.82) is 0 Å². The summed E-state index contributed by atoms with van der Waals surface area (Å²) in [7, 11) is 0. The van der Waals surface area contributed by atoms with Crippen LogP contribution in [0.15, 0.2) is 69.7 Å². The average molecular weight is 535 g/mol. The zero-order chi connectivity index (χ0) is 22.7. The van der Waals surface area contributed by atoms with E-state index in [0.29, 0.717) is 32.6 Å². The van der Waals surface area contributed by atoms with Crippen molar-refractivity contribution >= 4 is 50.9 Å². The number of amides is 1. The summed E-state index contributed by atoms with van der Waals surface area (Å²) in [6.45, 7) is 2.61. The Bertz CT molecular complexity index is 1270.